The van der Waals surface area contributed by atoms with Crippen LogP contribution in [-0.4, -0.2) is 55.7 Å². The Morgan fingerprint density at radius 1 is 1.07 bits per heavy atom. The summed E-state index contributed by atoms with van der Waals surface area (Å²) in [5.74, 6) is 0.000265. The van der Waals surface area contributed by atoms with Crippen molar-refractivity contribution in [1.82, 2.24) is 39.8 Å². The smallest absolute Gasteiger partial charge is 0.227 e. The Morgan fingerprint density at radius 2 is 1.93 bits per heavy atom. The van der Waals surface area contributed by atoms with E-state index in [9.17, 15) is 17.6 Å². The van der Waals surface area contributed by atoms with E-state index in [0.717, 1.165) is 36.5 Å². The van der Waals surface area contributed by atoms with Gasteiger partial charge in [-0.05, 0) is 60.4 Å². The SMILES string of the molecule is CS(=O)(=O)NCc1cc(F)cc(-c2ccnc3[nH]c(-c4n[nH]c5cnc(-c6cncc(NC(=O)C7CCC7)c6)cc45)nc23)c1. The highest BCUT2D eigenvalue weighted by Gasteiger charge is 2.25. The molecule has 1 fully saturated rings. The molecule has 14 heteroatoms. The van der Waals surface area contributed by atoms with Crippen molar-refractivity contribution < 1.29 is 17.6 Å². The van der Waals surface area contributed by atoms with E-state index in [4.69, 9.17) is 4.98 Å². The topological polar surface area (TPSA) is 171 Å². The molecule has 12 nitrogen and oxygen atoms in total. The van der Waals surface area contributed by atoms with Crippen molar-refractivity contribution in [2.45, 2.75) is 25.8 Å². The Balaban J connectivity index is 1.23. The fourth-order valence-corrected chi connectivity index (χ4v) is 5.63. The summed E-state index contributed by atoms with van der Waals surface area (Å²) >= 11 is 0. The number of halogens is 1. The van der Waals surface area contributed by atoms with Gasteiger partial charge in [-0.2, -0.15) is 5.10 Å². The molecular formula is C30H26FN9O3S. The standard InChI is InChI=1S/C30H26FN9O3S/c1-44(42,43)35-12-16-7-18(9-20(31)8-16)22-5-6-33-28-26(22)37-29(38-28)27-23-11-24(34-15-25(23)39-40-27)19-10-21(14-32-13-19)36-30(41)17-3-2-4-17/h5-11,13-15,17,35H,2-4,12H2,1H3,(H,36,41)(H,39,40)(H,33,37,38). The quantitative estimate of drug-likeness (QED) is 0.194. The maximum atomic E-state index is 14.6. The summed E-state index contributed by atoms with van der Waals surface area (Å²) in [6, 6.07) is 9.80. The maximum Gasteiger partial charge on any atom is 0.227 e. The molecule has 1 aromatic carbocycles. The van der Waals surface area contributed by atoms with Gasteiger partial charge in [0.2, 0.25) is 15.9 Å². The molecule has 0 atom stereocenters. The van der Waals surface area contributed by atoms with Crippen LogP contribution in [0.5, 0.6) is 0 Å². The van der Waals surface area contributed by atoms with Gasteiger partial charge in [-0.15, -0.1) is 0 Å². The van der Waals surface area contributed by atoms with E-state index in [0.29, 0.717) is 56.3 Å². The number of sulfonamides is 1. The van der Waals surface area contributed by atoms with Crippen molar-refractivity contribution in [1.29, 1.82) is 0 Å². The van der Waals surface area contributed by atoms with Gasteiger partial charge in [0.15, 0.2) is 11.5 Å². The molecule has 0 unspecified atom stereocenters. The van der Waals surface area contributed by atoms with E-state index in [1.165, 1.54) is 12.1 Å². The second-order valence-corrected chi connectivity index (χ2v) is 12.7. The first kappa shape index (κ1) is 27.7. The average molecular weight is 612 g/mol. The number of hydrogen-bond acceptors (Lipinski definition) is 8. The van der Waals surface area contributed by atoms with Crippen LogP contribution in [0.1, 0.15) is 24.8 Å². The number of carbonyl (C=O) groups excluding carboxylic acids is 1. The van der Waals surface area contributed by atoms with Gasteiger partial charge in [-0.25, -0.2) is 27.5 Å². The molecule has 4 N–H and O–H groups in total. The normalized spacial score (nSPS) is 13.8. The van der Waals surface area contributed by atoms with Gasteiger partial charge in [0.25, 0.3) is 0 Å². The summed E-state index contributed by atoms with van der Waals surface area (Å²) in [6.45, 7) is -0.0510. The molecule has 1 aliphatic carbocycles. The van der Waals surface area contributed by atoms with Crippen LogP contribution in [0.15, 0.2) is 61.2 Å². The third-order valence-corrected chi connectivity index (χ3v) is 8.31. The van der Waals surface area contributed by atoms with Crippen molar-refractivity contribution in [3.8, 4) is 33.9 Å². The van der Waals surface area contributed by atoms with Crippen LogP contribution in [0.25, 0.3) is 56.0 Å². The lowest BCUT2D eigenvalue weighted by Crippen LogP contribution is -2.28. The van der Waals surface area contributed by atoms with E-state index in [-0.39, 0.29) is 18.4 Å². The number of amides is 1. The van der Waals surface area contributed by atoms with Crippen molar-refractivity contribution >= 4 is 43.7 Å². The Morgan fingerprint density at radius 3 is 2.73 bits per heavy atom. The van der Waals surface area contributed by atoms with Crippen LogP contribution in [0.2, 0.25) is 0 Å². The van der Waals surface area contributed by atoms with Gasteiger partial charge in [-0.3, -0.25) is 19.9 Å². The number of pyridine rings is 3. The Hall–Kier alpha value is -5.08. The minimum absolute atomic E-state index is 0.00799. The van der Waals surface area contributed by atoms with Crippen LogP contribution < -0.4 is 10.0 Å². The zero-order valence-corrected chi connectivity index (χ0v) is 24.2. The first-order valence-corrected chi connectivity index (χ1v) is 15.8. The van der Waals surface area contributed by atoms with Crippen LogP contribution >= 0.6 is 0 Å². The van der Waals surface area contributed by atoms with Crippen LogP contribution in [-0.2, 0) is 21.4 Å². The largest absolute Gasteiger partial charge is 0.324 e. The summed E-state index contributed by atoms with van der Waals surface area (Å²) in [5, 5.41) is 11.2. The van der Waals surface area contributed by atoms with Crippen LogP contribution in [0.4, 0.5) is 10.1 Å². The first-order valence-electron chi connectivity index (χ1n) is 13.9. The summed E-state index contributed by atoms with van der Waals surface area (Å²) in [6.07, 6.45) is 10.5. The molecule has 0 bridgehead atoms. The Labute approximate surface area is 250 Å². The zero-order valence-electron chi connectivity index (χ0n) is 23.4. The number of aromatic nitrogens is 7. The molecule has 1 saturated carbocycles. The molecular weight excluding hydrogens is 585 g/mol. The molecule has 0 spiro atoms. The maximum absolute atomic E-state index is 14.6. The van der Waals surface area contributed by atoms with Crippen molar-refractivity contribution in [3.63, 3.8) is 0 Å². The molecule has 1 aliphatic rings. The van der Waals surface area contributed by atoms with Crippen molar-refractivity contribution in [3.05, 3.63) is 72.6 Å². The number of hydrogen-bond donors (Lipinski definition) is 4. The number of H-pyrrole nitrogens is 2. The van der Waals surface area contributed by atoms with Crippen molar-refractivity contribution in [2.24, 2.45) is 5.92 Å². The second-order valence-electron chi connectivity index (χ2n) is 10.8. The van der Waals surface area contributed by atoms with E-state index in [1.807, 2.05) is 12.1 Å². The number of aromatic amines is 2. The third-order valence-electron chi connectivity index (χ3n) is 7.64. The number of nitrogens with zero attached hydrogens (tertiary/aromatic N) is 5. The highest BCUT2D eigenvalue weighted by atomic mass is 32.2. The van der Waals surface area contributed by atoms with E-state index < -0.39 is 15.8 Å². The Kier molecular flexibility index (Phi) is 6.86. The predicted molar refractivity (Wildman–Crippen MR) is 163 cm³/mol. The summed E-state index contributed by atoms with van der Waals surface area (Å²) < 4.78 is 40.1. The number of nitrogens with one attached hydrogen (secondary N) is 4. The van der Waals surface area contributed by atoms with Gasteiger partial charge >= 0.3 is 0 Å². The van der Waals surface area contributed by atoms with E-state index in [1.54, 1.807) is 36.9 Å². The molecule has 5 heterocycles. The zero-order chi connectivity index (χ0) is 30.4. The lowest BCUT2D eigenvalue weighted by atomic mass is 9.85. The number of rotatable bonds is 8. The van der Waals surface area contributed by atoms with Gasteiger partial charge in [0.05, 0.1) is 35.5 Å². The lowest BCUT2D eigenvalue weighted by molar-refractivity contribution is -0.122. The van der Waals surface area contributed by atoms with Crippen LogP contribution in [0, 0.1) is 11.7 Å². The molecule has 0 aliphatic heterocycles. The highest BCUT2D eigenvalue weighted by molar-refractivity contribution is 7.88. The molecule has 222 valence electrons. The van der Waals surface area contributed by atoms with Gasteiger partial charge in [0.1, 0.15) is 17.0 Å². The first-order chi connectivity index (χ1) is 21.2. The summed E-state index contributed by atoms with van der Waals surface area (Å²) in [5.41, 5.74) is 5.77. The number of fused-ring (bicyclic) bond motifs is 2. The number of anilines is 1. The molecule has 1 amide bonds. The van der Waals surface area contributed by atoms with Gasteiger partial charge < -0.3 is 10.3 Å². The summed E-state index contributed by atoms with van der Waals surface area (Å²) in [4.78, 5) is 33.7. The fourth-order valence-electron chi connectivity index (χ4n) is 5.20. The molecule has 0 saturated heterocycles. The number of carbonyl (C=O) groups is 1. The molecule has 0 radical (unpaired) electrons. The van der Waals surface area contributed by atoms with E-state index in [2.05, 4.69) is 40.2 Å². The van der Waals surface area contributed by atoms with Gasteiger partial charge in [0, 0.05) is 41.4 Å². The predicted octanol–water partition coefficient (Wildman–Crippen LogP) is 4.55. The molecule has 5 aromatic heterocycles. The Bertz CT molecular complexity index is 2170. The van der Waals surface area contributed by atoms with Crippen LogP contribution in [0.3, 0.4) is 0 Å². The fraction of sp³-hybridized carbons (Fsp3) is 0.200. The minimum atomic E-state index is -3.45. The second kappa shape index (κ2) is 10.9. The van der Waals surface area contributed by atoms with E-state index >= 15 is 0 Å². The third kappa shape index (κ3) is 5.52. The lowest BCUT2D eigenvalue weighted by Gasteiger charge is -2.24. The van der Waals surface area contributed by atoms with Crippen molar-refractivity contribution in [2.75, 3.05) is 11.6 Å². The average Bonchev–Trinajstić information content (AvgIpc) is 3.58. The number of benzene rings is 1. The molecule has 6 aromatic rings. The monoisotopic (exact) mass is 611 g/mol. The number of imidazole rings is 1. The molecule has 7 rings (SSSR count). The highest BCUT2D eigenvalue weighted by Crippen LogP contribution is 2.33. The van der Waals surface area contributed by atoms with Gasteiger partial charge in [-0.1, -0.05) is 6.42 Å². The minimum Gasteiger partial charge on any atom is -0.324 e. The summed E-state index contributed by atoms with van der Waals surface area (Å²) in [7, 11) is -3.45. The molecule has 44 heavy (non-hydrogen) atoms.